The Morgan fingerprint density at radius 2 is 0.540 bits per heavy atom. The van der Waals surface area contributed by atoms with E-state index in [2.05, 4.69) is 15.0 Å². The number of aromatic nitrogens is 3. The molecule has 2 unspecified atom stereocenters. The molecule has 468 valence electrons. The molecule has 7 aromatic rings. The summed E-state index contributed by atoms with van der Waals surface area (Å²) in [6.45, 7) is 32.6. The summed E-state index contributed by atoms with van der Waals surface area (Å²) in [4.78, 5) is 83.3. The van der Waals surface area contributed by atoms with Gasteiger partial charge in [-0.1, -0.05) is 106 Å². The van der Waals surface area contributed by atoms with E-state index in [0.717, 1.165) is 69.9 Å². The van der Waals surface area contributed by atoms with Gasteiger partial charge in [0.05, 0.1) is 0 Å². The Balaban J connectivity index is 0.000000313. The first-order valence-corrected chi connectivity index (χ1v) is 33.4. The van der Waals surface area contributed by atoms with Crippen LogP contribution in [0, 0.1) is 125 Å². The van der Waals surface area contributed by atoms with Crippen LogP contribution >= 0.6 is 56.9 Å². The van der Waals surface area contributed by atoms with E-state index in [9.17, 15) is 52.9 Å². The Morgan fingerprint density at radius 3 is 0.724 bits per heavy atom. The zero-order chi connectivity index (χ0) is 66.9. The molecule has 7 rings (SSSR count). The predicted octanol–water partition coefficient (Wildman–Crippen LogP) is 16.2. The number of carbonyl (C=O) groups excluding carboxylic acids is 4. The van der Waals surface area contributed by atoms with Crippen molar-refractivity contribution in [1.29, 1.82) is 0 Å². The lowest BCUT2D eigenvalue weighted by Crippen LogP contribution is -2.16. The number of aryl methyl sites for hydroxylation is 18. The molecule has 1 aromatic heterocycles. The topological polar surface area (TPSA) is 269 Å². The minimum absolute atomic E-state index is 0.000000000000000444. The van der Waals surface area contributed by atoms with Gasteiger partial charge >= 0.3 is 14.7 Å². The Morgan fingerprint density at radius 1 is 0.368 bits per heavy atom. The first-order chi connectivity index (χ1) is 40.1. The van der Waals surface area contributed by atoms with Crippen LogP contribution in [0.25, 0.3) is 0 Å². The van der Waals surface area contributed by atoms with Crippen LogP contribution in [0.4, 0.5) is 0 Å². The van der Waals surface area contributed by atoms with Crippen LogP contribution in [0.1, 0.15) is 164 Å². The van der Waals surface area contributed by atoms with Crippen molar-refractivity contribution >= 4 is 79.0 Å². The maximum atomic E-state index is 13.4. The van der Waals surface area contributed by atoms with Crippen LogP contribution in [-0.4, -0.2) is 76.4 Å². The summed E-state index contributed by atoms with van der Waals surface area (Å²) in [6.07, 6.45) is 0. The van der Waals surface area contributed by atoms with Crippen molar-refractivity contribution in [3.8, 4) is 0 Å². The third-order valence-electron chi connectivity index (χ3n) is 14.2. The van der Waals surface area contributed by atoms with E-state index in [1.807, 2.05) is 90.1 Å². The lowest BCUT2D eigenvalue weighted by atomic mass is 10.0. The number of aliphatic hydroxyl groups excluding tert-OH is 3. The van der Waals surface area contributed by atoms with Gasteiger partial charge in [-0.3, -0.25) is 32.9 Å². The fraction of sp³-hybridized carbons (Fsp3) is 0.338. The molecule has 0 fully saturated rings. The van der Waals surface area contributed by atoms with E-state index in [0.29, 0.717) is 66.8 Å². The third kappa shape index (κ3) is 18.0. The van der Waals surface area contributed by atoms with Gasteiger partial charge in [-0.05, 0) is 237 Å². The highest BCUT2D eigenvalue weighted by molar-refractivity contribution is 7.91. The van der Waals surface area contributed by atoms with Gasteiger partial charge in [-0.15, -0.1) is 0 Å². The summed E-state index contributed by atoms with van der Waals surface area (Å²) in [5, 5.41) is 28.4. The lowest BCUT2D eigenvalue weighted by Gasteiger charge is -2.28. The van der Waals surface area contributed by atoms with Crippen LogP contribution in [0.2, 0.25) is 15.9 Å². The van der Waals surface area contributed by atoms with Crippen molar-refractivity contribution in [2.24, 2.45) is 0 Å². The molecule has 0 bridgehead atoms. The van der Waals surface area contributed by atoms with Gasteiger partial charge in [0.15, 0.2) is 11.7 Å². The number of nitrogens with zero attached hydrogens (tertiary/aromatic N) is 3. The SMILES string of the molecule is CO.COP(=O)(C(=O)c1c(C)cc(C)cc1C)C(=O)c1c(C)cc(C)cc1C.Cc1cc(C)c(C(=O)P(=O)(O)C(=O)c2c(C)cc(C)cc2C)c(C)c1.Cc1cc(C)c(C(O)P(=O)(O)C(O)c2c(C)cc(C)cc2C)c(C)c1.Clc1nc(Cl)nc(Cl)n1. The minimum atomic E-state index is -4.73. The highest BCUT2D eigenvalue weighted by atomic mass is 35.5. The average molecular weight is 1310 g/mol. The molecule has 87 heavy (non-hydrogen) atoms. The fourth-order valence-electron chi connectivity index (χ4n) is 11.0. The molecule has 0 radical (unpaired) electrons. The summed E-state index contributed by atoms with van der Waals surface area (Å²) in [5.74, 6) is -3.27. The van der Waals surface area contributed by atoms with Crippen molar-refractivity contribution in [3.63, 3.8) is 0 Å². The Hall–Kier alpha value is -5.67. The van der Waals surface area contributed by atoms with E-state index in [1.54, 1.807) is 107 Å². The number of halogens is 3. The molecule has 16 nitrogen and oxygen atoms in total. The summed E-state index contributed by atoms with van der Waals surface area (Å²) >= 11 is 16.0. The van der Waals surface area contributed by atoms with Crippen molar-refractivity contribution in [2.45, 2.75) is 136 Å². The quantitative estimate of drug-likeness (QED) is 0.0672. The molecule has 0 amide bonds. The van der Waals surface area contributed by atoms with Crippen LogP contribution in [-0.2, 0) is 18.2 Å². The molecule has 0 saturated carbocycles. The highest BCUT2D eigenvalue weighted by Crippen LogP contribution is 2.65. The van der Waals surface area contributed by atoms with Gasteiger partial charge in [-0.25, -0.2) is 0 Å². The first kappa shape index (κ1) is 75.6. The molecule has 6 aromatic carbocycles. The average Bonchev–Trinajstić information content (AvgIpc) is 2.16. The van der Waals surface area contributed by atoms with E-state index in [1.165, 1.54) is 0 Å². The second kappa shape index (κ2) is 31.2. The molecule has 0 aliphatic heterocycles. The van der Waals surface area contributed by atoms with Gasteiger partial charge in [-0.2, -0.15) is 15.0 Å². The number of carbonyl (C=O) groups is 4. The monoisotopic (exact) mass is 1310 g/mol. The Labute approximate surface area is 526 Å². The van der Waals surface area contributed by atoms with Gasteiger partial charge in [0.2, 0.25) is 15.9 Å². The Kier molecular flexibility index (Phi) is 27.1. The molecule has 5 N–H and O–H groups in total. The molecule has 0 saturated heterocycles. The summed E-state index contributed by atoms with van der Waals surface area (Å²) in [7, 11) is -11.2. The van der Waals surface area contributed by atoms with Gasteiger partial charge in [0.25, 0.3) is 29.5 Å². The molecule has 2 atom stereocenters. The highest BCUT2D eigenvalue weighted by Gasteiger charge is 2.45. The van der Waals surface area contributed by atoms with Crippen LogP contribution in [0.3, 0.4) is 0 Å². The molecule has 0 spiro atoms. The van der Waals surface area contributed by atoms with Gasteiger partial charge in [0, 0.05) is 36.5 Å². The first-order valence-electron chi connectivity index (χ1n) is 27.1. The largest absolute Gasteiger partial charge is 0.400 e. The van der Waals surface area contributed by atoms with E-state index < -0.39 is 55.9 Å². The summed E-state index contributed by atoms with van der Waals surface area (Å²) < 4.78 is 44.4. The number of rotatable bonds is 13. The van der Waals surface area contributed by atoms with Gasteiger partial charge < -0.3 is 29.6 Å². The molecule has 0 aliphatic carbocycles. The second-order valence-corrected chi connectivity index (χ2v) is 29.4. The van der Waals surface area contributed by atoms with Crippen molar-refractivity contribution in [1.82, 2.24) is 15.0 Å². The molecule has 0 aliphatic rings. The maximum absolute atomic E-state index is 13.4. The van der Waals surface area contributed by atoms with Crippen molar-refractivity contribution in [3.05, 3.63) is 222 Å². The summed E-state index contributed by atoms with van der Waals surface area (Å²) in [5.41, 5.74) is 12.4. The van der Waals surface area contributed by atoms with Crippen LogP contribution < -0.4 is 0 Å². The molecule has 1 heterocycles. The fourth-order valence-corrected chi connectivity index (χ4v) is 16.8. The summed E-state index contributed by atoms with van der Waals surface area (Å²) in [6, 6.07) is 21.9. The van der Waals surface area contributed by atoms with E-state index >= 15 is 0 Å². The van der Waals surface area contributed by atoms with E-state index in [-0.39, 0.29) is 27.0 Å². The minimum Gasteiger partial charge on any atom is -0.400 e. The van der Waals surface area contributed by atoms with Crippen molar-refractivity contribution < 1.29 is 62.5 Å². The van der Waals surface area contributed by atoms with Crippen LogP contribution in [0.5, 0.6) is 0 Å². The normalized spacial score (nSPS) is 12.5. The van der Waals surface area contributed by atoms with Gasteiger partial charge in [0.1, 0.15) is 0 Å². The lowest BCUT2D eigenvalue weighted by molar-refractivity contribution is 0.0994. The number of hydrogen-bond acceptors (Lipinski definition) is 14. The zero-order valence-corrected chi connectivity index (χ0v) is 57.9. The smallest absolute Gasteiger partial charge is 0.339 e. The standard InChI is InChI=1S/C21H25O4P.C20H27O4P.C20H23O4P.C3Cl3N3.CH4O/c1-12-8-14(3)18(15(4)9-12)20(22)26(24,25-7)21(23)19-16(5)10-13(2)11-17(19)6;2*1-11-7-13(3)17(14(4)8-11)19(21)25(23,24)20(22)18-15(5)9-12(2)10-16(18)6;4-1-7-2(5)9-3(6)8-1;1-2/h8-11H,1-7H3;7-10,19-22H,1-6H3,(H,23,24);7-10H,1-6H3,(H,23,24);;2H,1H3. The molecule has 22 heteroatoms. The molecular formula is C65H79Cl3N3O13P3. The third-order valence-corrected chi connectivity index (χ3v) is 20.2. The number of benzene rings is 6. The van der Waals surface area contributed by atoms with Crippen molar-refractivity contribution in [2.75, 3.05) is 14.2 Å². The zero-order valence-electron chi connectivity index (χ0n) is 52.9. The van der Waals surface area contributed by atoms with Crippen LogP contribution in [0.15, 0.2) is 72.8 Å². The number of hydrogen-bond donors (Lipinski definition) is 5. The predicted molar refractivity (Wildman–Crippen MR) is 348 cm³/mol. The maximum Gasteiger partial charge on any atom is 0.339 e. The Bertz CT molecular complexity index is 3560. The van der Waals surface area contributed by atoms with E-state index in [4.69, 9.17) is 44.4 Å². The molecular weight excluding hydrogens is 1230 g/mol. The number of aliphatic hydroxyl groups is 3. The second-order valence-electron chi connectivity index (χ2n) is 21.8.